The van der Waals surface area contributed by atoms with E-state index in [1.807, 2.05) is 90.4 Å². The molecular formula is C57H69F3N8O6S. The number of likely N-dealkylation sites (tertiary alicyclic amines) is 1. The quantitative estimate of drug-likeness (QED) is 0.0875. The number of carbonyl (C=O) groups excluding carboxylic acids is 3. The molecule has 9 rings (SSSR count). The van der Waals surface area contributed by atoms with E-state index < -0.39 is 57.8 Å². The highest BCUT2D eigenvalue weighted by atomic mass is 32.1. The number of thiazole rings is 1. The number of amides is 3. The summed E-state index contributed by atoms with van der Waals surface area (Å²) in [4.78, 5) is 54.0. The number of nitrogens with one attached hydrogen (secondary N) is 3. The van der Waals surface area contributed by atoms with Crippen LogP contribution in [0.2, 0.25) is 0 Å². The SMILES string of the molecule is Cc1ncsc1-c1ccc([C@H](NC(=O)[C@@H]2C[C@@H](O)CN2C(=O)[C@H]2NC(CN3CCN(CCCc4ccc(C(=O)N[C@H]5C(C)(C)[C@H](Oc6ccc(C#N)c(C(F)(F)F)c6)C5(C)C)cc4)CC3)=CC2(C)C)C2COC2)cc1. The highest BCUT2D eigenvalue weighted by molar-refractivity contribution is 7.13. The summed E-state index contributed by atoms with van der Waals surface area (Å²) in [6, 6.07) is 18.8. The number of hydrogen-bond donors (Lipinski definition) is 4. The highest BCUT2D eigenvalue weighted by Gasteiger charge is 2.64. The van der Waals surface area contributed by atoms with Crippen LogP contribution in [0.15, 0.2) is 84.0 Å². The molecule has 1 aliphatic carbocycles. The number of aliphatic hydroxyl groups is 1. The predicted molar refractivity (Wildman–Crippen MR) is 279 cm³/mol. The Morgan fingerprint density at radius 2 is 1.65 bits per heavy atom. The summed E-state index contributed by atoms with van der Waals surface area (Å²) in [5, 5.41) is 30.0. The molecule has 4 aliphatic heterocycles. The lowest BCUT2D eigenvalue weighted by Crippen LogP contribution is -2.74. The summed E-state index contributed by atoms with van der Waals surface area (Å²) in [7, 11) is 0. The van der Waals surface area contributed by atoms with E-state index in [1.54, 1.807) is 22.3 Å². The topological polar surface area (TPSA) is 172 Å². The Morgan fingerprint density at radius 3 is 2.27 bits per heavy atom. The van der Waals surface area contributed by atoms with Gasteiger partial charge in [-0.3, -0.25) is 19.3 Å². The highest BCUT2D eigenvalue weighted by Crippen LogP contribution is 2.56. The molecular weight excluding hydrogens is 982 g/mol. The number of ether oxygens (including phenoxy) is 2. The van der Waals surface area contributed by atoms with E-state index >= 15 is 0 Å². The van der Waals surface area contributed by atoms with Gasteiger partial charge in [0.25, 0.3) is 5.91 Å². The molecule has 3 amide bonds. The molecule has 3 saturated heterocycles. The fourth-order valence-corrected chi connectivity index (χ4v) is 13.1. The van der Waals surface area contributed by atoms with Gasteiger partial charge < -0.3 is 40.3 Å². The number of alkyl halides is 3. The number of benzene rings is 3. The van der Waals surface area contributed by atoms with Crippen LogP contribution in [0.4, 0.5) is 13.2 Å². The van der Waals surface area contributed by atoms with Crippen molar-refractivity contribution < 1.29 is 42.1 Å². The number of aliphatic hydroxyl groups excluding tert-OH is 1. The van der Waals surface area contributed by atoms with Gasteiger partial charge in [-0.05, 0) is 73.3 Å². The van der Waals surface area contributed by atoms with Crippen molar-refractivity contribution >= 4 is 29.1 Å². The first-order valence-corrected chi connectivity index (χ1v) is 26.9. The van der Waals surface area contributed by atoms with Gasteiger partial charge in [-0.2, -0.15) is 18.4 Å². The zero-order chi connectivity index (χ0) is 53.6. The van der Waals surface area contributed by atoms with Crippen molar-refractivity contribution in [3.05, 3.63) is 118 Å². The maximum absolute atomic E-state index is 14.4. The molecule has 0 radical (unpaired) electrons. The van der Waals surface area contributed by atoms with E-state index in [-0.39, 0.29) is 54.4 Å². The lowest BCUT2D eigenvalue weighted by Gasteiger charge is -2.63. The molecule has 5 aliphatic rings. The molecule has 1 aromatic heterocycles. The van der Waals surface area contributed by atoms with Crippen molar-refractivity contribution in [2.24, 2.45) is 22.2 Å². The van der Waals surface area contributed by atoms with Gasteiger partial charge in [0.1, 0.15) is 23.9 Å². The number of nitrogens with zero attached hydrogens (tertiary/aromatic N) is 5. The minimum absolute atomic E-state index is 0.0191. The number of β-amino-alcohol motifs (C(OH)–C–C–N with tert-alkyl or cyclic N) is 1. The summed E-state index contributed by atoms with van der Waals surface area (Å²) < 4.78 is 52.6. The molecule has 400 valence electrons. The molecule has 14 nitrogen and oxygen atoms in total. The Bertz CT molecular complexity index is 2800. The molecule has 75 heavy (non-hydrogen) atoms. The van der Waals surface area contributed by atoms with E-state index in [1.165, 1.54) is 6.07 Å². The Hall–Kier alpha value is -5.84. The fraction of sp³-hybridized carbons (Fsp3) is 0.526. The second kappa shape index (κ2) is 21.3. The van der Waals surface area contributed by atoms with Crippen LogP contribution in [0.25, 0.3) is 10.4 Å². The van der Waals surface area contributed by atoms with Crippen LogP contribution >= 0.6 is 11.3 Å². The van der Waals surface area contributed by atoms with E-state index in [4.69, 9.17) is 9.47 Å². The molecule has 4 fully saturated rings. The Balaban J connectivity index is 0.713. The molecule has 1 saturated carbocycles. The van der Waals surface area contributed by atoms with Crippen LogP contribution in [0.3, 0.4) is 0 Å². The number of aromatic nitrogens is 1. The van der Waals surface area contributed by atoms with Gasteiger partial charge in [-0.25, -0.2) is 4.98 Å². The number of nitriles is 1. The maximum atomic E-state index is 14.4. The zero-order valence-electron chi connectivity index (χ0n) is 43.8. The van der Waals surface area contributed by atoms with E-state index in [0.29, 0.717) is 25.3 Å². The molecule has 3 aromatic carbocycles. The second-order valence-electron chi connectivity index (χ2n) is 22.9. The summed E-state index contributed by atoms with van der Waals surface area (Å²) >= 11 is 1.59. The molecule has 4 atom stereocenters. The fourth-order valence-electron chi connectivity index (χ4n) is 12.3. The third-order valence-corrected chi connectivity index (χ3v) is 17.2. The number of piperazine rings is 1. The molecule has 5 heterocycles. The van der Waals surface area contributed by atoms with Gasteiger partial charge in [0.2, 0.25) is 11.8 Å². The molecule has 0 spiro atoms. The summed E-state index contributed by atoms with van der Waals surface area (Å²) in [6.45, 7) is 20.1. The third-order valence-electron chi connectivity index (χ3n) is 16.2. The van der Waals surface area contributed by atoms with Crippen LogP contribution in [-0.2, 0) is 26.9 Å². The lowest BCUT2D eigenvalue weighted by atomic mass is 9.49. The van der Waals surface area contributed by atoms with Gasteiger partial charge in [-0.1, -0.05) is 84.0 Å². The average molecular weight is 1050 g/mol. The molecule has 0 unspecified atom stereocenters. The van der Waals surface area contributed by atoms with Crippen LogP contribution in [0.5, 0.6) is 5.75 Å². The largest absolute Gasteiger partial charge is 0.489 e. The van der Waals surface area contributed by atoms with Crippen molar-refractivity contribution in [3.8, 4) is 22.3 Å². The Kier molecular flexibility index (Phi) is 15.3. The van der Waals surface area contributed by atoms with Gasteiger partial charge in [0, 0.05) is 85.2 Å². The van der Waals surface area contributed by atoms with Crippen molar-refractivity contribution in [1.29, 1.82) is 5.26 Å². The molecule has 18 heteroatoms. The number of carbonyl (C=O) groups is 3. The van der Waals surface area contributed by atoms with Crippen molar-refractivity contribution in [2.75, 3.05) is 59.0 Å². The minimum Gasteiger partial charge on any atom is -0.489 e. The van der Waals surface area contributed by atoms with E-state index in [2.05, 4.69) is 48.9 Å². The second-order valence-corrected chi connectivity index (χ2v) is 23.8. The normalized spacial score (nSPS) is 24.7. The number of rotatable bonds is 16. The van der Waals surface area contributed by atoms with Crippen LogP contribution in [0, 0.1) is 40.4 Å². The molecule has 4 N–H and O–H groups in total. The van der Waals surface area contributed by atoms with Crippen molar-refractivity contribution in [3.63, 3.8) is 0 Å². The first-order valence-electron chi connectivity index (χ1n) is 26.0. The average Bonchev–Trinajstić information content (AvgIpc) is 4.09. The van der Waals surface area contributed by atoms with E-state index in [0.717, 1.165) is 90.7 Å². The maximum Gasteiger partial charge on any atom is 0.417 e. The van der Waals surface area contributed by atoms with Crippen LogP contribution < -0.4 is 20.7 Å². The number of halogens is 3. The van der Waals surface area contributed by atoms with Gasteiger partial charge in [-0.15, -0.1) is 11.3 Å². The standard InChI is InChI=1S/C57H69F3N8O6S/c1-34-47(75-33-62-34)37-16-14-36(15-17-37)46(40-31-73-32-40)64-50(71)45-25-42(69)30-68(45)51(72)48-54(2,3)27-41(63-48)29-67-23-21-66(22-24-67)20-8-9-35-10-12-38(13-11-35)49(70)65-52-55(4,5)53(56(52,6)7)74-43-19-18-39(28-61)44(26-43)57(58,59)60/h10-19,26-27,33,40,42,45-46,48,52-53,63,69H,8-9,20-25,29-32H2,1-7H3,(H,64,71)(H,65,70)/t42-,45+,46+,48-,52-,53-/m1/s1. The Labute approximate surface area is 441 Å². The molecule has 0 bridgehead atoms. The number of hydrogen-bond acceptors (Lipinski definition) is 12. The minimum atomic E-state index is -4.70. The van der Waals surface area contributed by atoms with Crippen LogP contribution in [-0.4, -0.2) is 132 Å². The first-order chi connectivity index (χ1) is 35.5. The number of aryl methyl sites for hydroxylation is 2. The van der Waals surface area contributed by atoms with Gasteiger partial charge >= 0.3 is 6.18 Å². The van der Waals surface area contributed by atoms with Crippen LogP contribution in [0.1, 0.15) is 98.7 Å². The lowest BCUT2D eigenvalue weighted by molar-refractivity contribution is -0.164. The predicted octanol–water partition coefficient (Wildman–Crippen LogP) is 7.52. The molecule has 4 aromatic rings. The third kappa shape index (κ3) is 11.3. The zero-order valence-corrected chi connectivity index (χ0v) is 44.6. The van der Waals surface area contributed by atoms with Crippen molar-refractivity contribution in [2.45, 2.75) is 110 Å². The Morgan fingerprint density at radius 1 is 0.973 bits per heavy atom. The smallest absolute Gasteiger partial charge is 0.417 e. The first kappa shape index (κ1) is 54.0. The van der Waals surface area contributed by atoms with Crippen molar-refractivity contribution in [1.82, 2.24) is 35.6 Å². The van der Waals surface area contributed by atoms with Gasteiger partial charge in [0.15, 0.2) is 0 Å². The summed E-state index contributed by atoms with van der Waals surface area (Å²) in [5.74, 6) is -0.591. The summed E-state index contributed by atoms with van der Waals surface area (Å²) in [6.07, 6.45) is -1.90. The monoisotopic (exact) mass is 1050 g/mol. The summed E-state index contributed by atoms with van der Waals surface area (Å²) in [5.41, 5.74) is 4.22. The van der Waals surface area contributed by atoms with Gasteiger partial charge in [0.05, 0.1) is 58.6 Å². The van der Waals surface area contributed by atoms with E-state index in [9.17, 15) is 37.9 Å².